The largest absolute Gasteiger partial charge is 0.437 e. The number of amides is 1. The number of para-hydroxylation sites is 1. The standard InChI is InChI=1S/C20H17ClN2O2/c21-16-11-8-15(9-12-16)10-13-19(24)23-18-7-4-14-22-20(18)25-17-5-2-1-3-6-17/h1-9,11-12,14H,10,13H2,(H,23,24). The number of benzene rings is 2. The topological polar surface area (TPSA) is 51.2 Å². The maximum atomic E-state index is 12.2. The van der Waals surface area contributed by atoms with Crippen LogP contribution in [0.25, 0.3) is 0 Å². The summed E-state index contributed by atoms with van der Waals surface area (Å²) in [6.07, 6.45) is 2.63. The average molecular weight is 353 g/mol. The number of carbonyl (C=O) groups excluding carboxylic acids is 1. The molecule has 0 spiro atoms. The zero-order valence-electron chi connectivity index (χ0n) is 13.5. The number of carbonyl (C=O) groups is 1. The number of aromatic nitrogens is 1. The Morgan fingerprint density at radius 1 is 1.00 bits per heavy atom. The number of hydrogen-bond donors (Lipinski definition) is 1. The lowest BCUT2D eigenvalue weighted by molar-refractivity contribution is -0.116. The molecule has 0 saturated carbocycles. The van der Waals surface area contributed by atoms with E-state index in [2.05, 4.69) is 10.3 Å². The molecule has 0 fully saturated rings. The van der Waals surface area contributed by atoms with Gasteiger partial charge in [-0.2, -0.15) is 0 Å². The van der Waals surface area contributed by atoms with E-state index in [4.69, 9.17) is 16.3 Å². The Labute approximate surface area is 151 Å². The summed E-state index contributed by atoms with van der Waals surface area (Å²) in [7, 11) is 0. The molecule has 0 aliphatic rings. The van der Waals surface area contributed by atoms with Crippen molar-refractivity contribution >= 4 is 23.2 Å². The summed E-state index contributed by atoms with van der Waals surface area (Å²) in [6, 6.07) is 20.3. The fraction of sp³-hybridized carbons (Fsp3) is 0.100. The number of pyridine rings is 1. The lowest BCUT2D eigenvalue weighted by Gasteiger charge is -2.11. The number of halogens is 1. The second kappa shape index (κ2) is 8.31. The minimum atomic E-state index is -0.0964. The van der Waals surface area contributed by atoms with Gasteiger partial charge in [0.1, 0.15) is 11.4 Å². The summed E-state index contributed by atoms with van der Waals surface area (Å²) in [5.41, 5.74) is 1.61. The molecule has 0 aliphatic carbocycles. The second-order valence-corrected chi connectivity index (χ2v) is 5.88. The van der Waals surface area contributed by atoms with E-state index in [1.165, 1.54) is 0 Å². The van der Waals surface area contributed by atoms with Gasteiger partial charge in [0, 0.05) is 17.6 Å². The number of ether oxygens (including phenoxy) is 1. The van der Waals surface area contributed by atoms with Gasteiger partial charge < -0.3 is 10.1 Å². The first-order valence-electron chi connectivity index (χ1n) is 7.93. The zero-order valence-corrected chi connectivity index (χ0v) is 14.2. The number of aryl methyl sites for hydroxylation is 1. The van der Waals surface area contributed by atoms with Gasteiger partial charge in [-0.1, -0.05) is 41.9 Å². The van der Waals surface area contributed by atoms with Crippen LogP contribution in [0.2, 0.25) is 5.02 Å². The molecule has 2 aromatic carbocycles. The minimum absolute atomic E-state index is 0.0964. The summed E-state index contributed by atoms with van der Waals surface area (Å²) in [5.74, 6) is 0.937. The Morgan fingerprint density at radius 2 is 1.76 bits per heavy atom. The Balaban J connectivity index is 1.62. The fourth-order valence-corrected chi connectivity index (χ4v) is 2.42. The van der Waals surface area contributed by atoms with Crippen LogP contribution in [0.5, 0.6) is 11.6 Å². The van der Waals surface area contributed by atoms with Crippen LogP contribution in [0.3, 0.4) is 0 Å². The summed E-state index contributed by atoms with van der Waals surface area (Å²) in [4.78, 5) is 16.4. The van der Waals surface area contributed by atoms with Crippen molar-refractivity contribution in [2.75, 3.05) is 5.32 Å². The molecule has 0 aliphatic heterocycles. The predicted octanol–water partition coefficient (Wildman–Crippen LogP) is 5.10. The molecule has 1 N–H and O–H groups in total. The molecule has 1 amide bonds. The molecule has 0 saturated heterocycles. The molecule has 25 heavy (non-hydrogen) atoms. The molecule has 0 unspecified atom stereocenters. The summed E-state index contributed by atoms with van der Waals surface area (Å²) < 4.78 is 5.75. The van der Waals surface area contributed by atoms with Gasteiger partial charge in [-0.3, -0.25) is 4.79 Å². The van der Waals surface area contributed by atoms with Gasteiger partial charge in [-0.05, 0) is 48.4 Å². The van der Waals surface area contributed by atoms with Gasteiger partial charge in [-0.25, -0.2) is 4.98 Å². The third kappa shape index (κ3) is 5.06. The van der Waals surface area contributed by atoms with Gasteiger partial charge in [0.15, 0.2) is 0 Å². The second-order valence-electron chi connectivity index (χ2n) is 5.45. The van der Waals surface area contributed by atoms with Crippen molar-refractivity contribution in [1.29, 1.82) is 0 Å². The van der Waals surface area contributed by atoms with E-state index in [-0.39, 0.29) is 5.91 Å². The lowest BCUT2D eigenvalue weighted by Crippen LogP contribution is -2.13. The molecule has 0 radical (unpaired) electrons. The lowest BCUT2D eigenvalue weighted by atomic mass is 10.1. The highest BCUT2D eigenvalue weighted by Gasteiger charge is 2.10. The molecule has 3 rings (SSSR count). The van der Waals surface area contributed by atoms with Gasteiger partial charge in [0.05, 0.1) is 0 Å². The highest BCUT2D eigenvalue weighted by atomic mass is 35.5. The van der Waals surface area contributed by atoms with Crippen molar-refractivity contribution < 1.29 is 9.53 Å². The first kappa shape index (κ1) is 17.0. The summed E-state index contributed by atoms with van der Waals surface area (Å²) >= 11 is 5.87. The predicted molar refractivity (Wildman–Crippen MR) is 99.2 cm³/mol. The summed E-state index contributed by atoms with van der Waals surface area (Å²) in [5, 5.41) is 3.55. The van der Waals surface area contributed by atoms with Gasteiger partial charge in [0.25, 0.3) is 0 Å². The number of rotatable bonds is 6. The molecule has 0 atom stereocenters. The third-order valence-corrected chi connectivity index (χ3v) is 3.81. The van der Waals surface area contributed by atoms with Crippen LogP contribution < -0.4 is 10.1 Å². The van der Waals surface area contributed by atoms with Crippen LogP contribution in [0.15, 0.2) is 72.9 Å². The van der Waals surface area contributed by atoms with E-state index in [1.54, 1.807) is 18.3 Å². The van der Waals surface area contributed by atoms with Crippen LogP contribution in [0.1, 0.15) is 12.0 Å². The molecule has 1 heterocycles. The monoisotopic (exact) mass is 352 g/mol. The smallest absolute Gasteiger partial charge is 0.243 e. The molecule has 3 aromatic rings. The van der Waals surface area contributed by atoms with E-state index in [9.17, 15) is 4.79 Å². The maximum Gasteiger partial charge on any atom is 0.243 e. The zero-order chi connectivity index (χ0) is 17.5. The van der Waals surface area contributed by atoms with E-state index in [0.717, 1.165) is 5.56 Å². The molecule has 0 bridgehead atoms. The third-order valence-electron chi connectivity index (χ3n) is 3.56. The Bertz CT molecular complexity index is 836. The van der Waals surface area contributed by atoms with Gasteiger partial charge >= 0.3 is 0 Å². The molecule has 126 valence electrons. The van der Waals surface area contributed by atoms with Gasteiger partial charge in [-0.15, -0.1) is 0 Å². The number of hydrogen-bond acceptors (Lipinski definition) is 3. The fourth-order valence-electron chi connectivity index (χ4n) is 2.29. The first-order valence-corrected chi connectivity index (χ1v) is 8.31. The highest BCUT2D eigenvalue weighted by Crippen LogP contribution is 2.26. The number of nitrogens with zero attached hydrogens (tertiary/aromatic N) is 1. The van der Waals surface area contributed by atoms with Crippen molar-refractivity contribution in [2.24, 2.45) is 0 Å². The molecular formula is C20H17ClN2O2. The van der Waals surface area contributed by atoms with Crippen LogP contribution in [-0.2, 0) is 11.2 Å². The first-order chi connectivity index (χ1) is 12.2. The van der Waals surface area contributed by atoms with E-state index in [0.29, 0.717) is 35.2 Å². The van der Waals surface area contributed by atoms with Crippen LogP contribution in [-0.4, -0.2) is 10.9 Å². The maximum absolute atomic E-state index is 12.2. The Morgan fingerprint density at radius 3 is 2.52 bits per heavy atom. The van der Waals surface area contributed by atoms with Crippen LogP contribution in [0.4, 0.5) is 5.69 Å². The van der Waals surface area contributed by atoms with Crippen LogP contribution >= 0.6 is 11.6 Å². The van der Waals surface area contributed by atoms with E-state index < -0.39 is 0 Å². The normalized spacial score (nSPS) is 10.3. The highest BCUT2D eigenvalue weighted by molar-refractivity contribution is 6.30. The SMILES string of the molecule is O=C(CCc1ccc(Cl)cc1)Nc1cccnc1Oc1ccccc1. The van der Waals surface area contributed by atoms with E-state index >= 15 is 0 Å². The van der Waals surface area contributed by atoms with Crippen LogP contribution in [0, 0.1) is 0 Å². The molecule has 1 aromatic heterocycles. The molecule has 5 heteroatoms. The van der Waals surface area contributed by atoms with Crippen molar-refractivity contribution in [1.82, 2.24) is 4.98 Å². The quantitative estimate of drug-likeness (QED) is 0.671. The Hall–Kier alpha value is -2.85. The van der Waals surface area contributed by atoms with E-state index in [1.807, 2.05) is 54.6 Å². The molecular weight excluding hydrogens is 336 g/mol. The van der Waals surface area contributed by atoms with Crippen molar-refractivity contribution in [3.8, 4) is 11.6 Å². The minimum Gasteiger partial charge on any atom is -0.437 e. The van der Waals surface area contributed by atoms with Crippen molar-refractivity contribution in [2.45, 2.75) is 12.8 Å². The van der Waals surface area contributed by atoms with Crippen molar-refractivity contribution in [3.63, 3.8) is 0 Å². The average Bonchev–Trinajstić information content (AvgIpc) is 2.64. The van der Waals surface area contributed by atoms with Gasteiger partial charge in [0.2, 0.25) is 11.8 Å². The number of anilines is 1. The summed E-state index contributed by atoms with van der Waals surface area (Å²) in [6.45, 7) is 0. The molecule has 4 nitrogen and oxygen atoms in total. The number of nitrogens with one attached hydrogen (secondary N) is 1. The Kier molecular flexibility index (Phi) is 5.65. The van der Waals surface area contributed by atoms with Crippen molar-refractivity contribution in [3.05, 3.63) is 83.5 Å².